The Morgan fingerprint density at radius 2 is 1.83 bits per heavy atom. The maximum atomic E-state index is 11.5. The van der Waals surface area contributed by atoms with Gasteiger partial charge in [-0.1, -0.05) is 6.92 Å². The fourth-order valence-corrected chi connectivity index (χ4v) is 2.55. The number of sulfone groups is 1. The quantitative estimate of drug-likeness (QED) is 0.703. The molecule has 2 unspecified atom stereocenters. The van der Waals surface area contributed by atoms with E-state index in [0.29, 0.717) is 6.42 Å². The molecule has 0 radical (unpaired) electrons. The van der Waals surface area contributed by atoms with Crippen molar-refractivity contribution in [1.82, 2.24) is 5.32 Å². The lowest BCUT2D eigenvalue weighted by atomic mass is 10.4. The van der Waals surface area contributed by atoms with E-state index < -0.39 is 9.84 Å². The first kappa shape index (κ1) is 11.9. The van der Waals surface area contributed by atoms with Crippen molar-refractivity contribution in [1.29, 1.82) is 0 Å². The van der Waals surface area contributed by atoms with E-state index in [2.05, 4.69) is 5.32 Å². The Morgan fingerprint density at radius 3 is 2.17 bits per heavy atom. The van der Waals surface area contributed by atoms with Crippen LogP contribution in [0.4, 0.5) is 0 Å². The molecule has 2 atom stereocenters. The topological polar surface area (TPSA) is 46.2 Å². The molecule has 0 aromatic carbocycles. The maximum absolute atomic E-state index is 11.5. The zero-order valence-electron chi connectivity index (χ0n) is 8.29. The van der Waals surface area contributed by atoms with Gasteiger partial charge in [-0.2, -0.15) is 0 Å². The van der Waals surface area contributed by atoms with E-state index in [9.17, 15) is 8.42 Å². The van der Waals surface area contributed by atoms with Crippen LogP contribution in [-0.2, 0) is 9.84 Å². The molecule has 4 heteroatoms. The molecule has 0 aromatic heterocycles. The monoisotopic (exact) mass is 193 g/mol. The van der Waals surface area contributed by atoms with Crippen molar-refractivity contribution in [3.05, 3.63) is 0 Å². The average Bonchev–Trinajstić information content (AvgIpc) is 2.02. The van der Waals surface area contributed by atoms with Gasteiger partial charge in [0.2, 0.25) is 0 Å². The number of hydrogen-bond donors (Lipinski definition) is 1. The normalized spacial score (nSPS) is 17.3. The molecule has 74 valence electrons. The number of rotatable bonds is 5. The Bertz CT molecular complexity index is 211. The Balaban J connectivity index is 4.23. The van der Waals surface area contributed by atoms with Gasteiger partial charge in [-0.15, -0.1) is 0 Å². The Kier molecular flexibility index (Phi) is 4.78. The first-order valence-electron chi connectivity index (χ1n) is 4.32. The van der Waals surface area contributed by atoms with Gasteiger partial charge >= 0.3 is 0 Å². The highest BCUT2D eigenvalue weighted by Gasteiger charge is 2.20. The van der Waals surface area contributed by atoms with Crippen molar-refractivity contribution >= 4 is 9.84 Å². The van der Waals surface area contributed by atoms with Crippen LogP contribution in [0.2, 0.25) is 0 Å². The van der Waals surface area contributed by atoms with Crippen molar-refractivity contribution in [2.75, 3.05) is 12.8 Å². The van der Waals surface area contributed by atoms with E-state index in [1.165, 1.54) is 0 Å². The van der Waals surface area contributed by atoms with E-state index in [-0.39, 0.29) is 17.0 Å². The SMILES string of the molecule is CCC(C)S(=O)(=O)CC(C)NC. The molecule has 12 heavy (non-hydrogen) atoms. The second-order valence-corrected chi connectivity index (χ2v) is 5.70. The smallest absolute Gasteiger partial charge is 0.154 e. The molecule has 0 saturated carbocycles. The van der Waals surface area contributed by atoms with E-state index >= 15 is 0 Å². The lowest BCUT2D eigenvalue weighted by molar-refractivity contribution is 0.564. The predicted molar refractivity (Wildman–Crippen MR) is 52.1 cm³/mol. The van der Waals surface area contributed by atoms with Crippen molar-refractivity contribution in [3.63, 3.8) is 0 Å². The molecule has 0 heterocycles. The average molecular weight is 193 g/mol. The second kappa shape index (κ2) is 4.82. The predicted octanol–water partition coefficient (Wildman–Crippen LogP) is 0.808. The summed E-state index contributed by atoms with van der Waals surface area (Å²) in [4.78, 5) is 0. The molecular formula is C8H19NO2S. The molecule has 0 aliphatic carbocycles. The van der Waals surface area contributed by atoms with Gasteiger partial charge in [0.05, 0.1) is 11.0 Å². The summed E-state index contributed by atoms with van der Waals surface area (Å²) < 4.78 is 23.0. The van der Waals surface area contributed by atoms with E-state index in [1.54, 1.807) is 14.0 Å². The van der Waals surface area contributed by atoms with Gasteiger partial charge in [-0.05, 0) is 27.3 Å². The van der Waals surface area contributed by atoms with Gasteiger partial charge in [0.25, 0.3) is 0 Å². The number of nitrogens with one attached hydrogen (secondary N) is 1. The first-order chi connectivity index (χ1) is 5.44. The Hall–Kier alpha value is -0.0900. The summed E-state index contributed by atoms with van der Waals surface area (Å²) in [7, 11) is -1.11. The van der Waals surface area contributed by atoms with Gasteiger partial charge in [0, 0.05) is 6.04 Å². The fraction of sp³-hybridized carbons (Fsp3) is 1.00. The zero-order chi connectivity index (χ0) is 9.78. The van der Waals surface area contributed by atoms with Gasteiger partial charge in [0.15, 0.2) is 9.84 Å². The van der Waals surface area contributed by atoms with Crippen LogP contribution in [0.3, 0.4) is 0 Å². The van der Waals surface area contributed by atoms with Crippen molar-refractivity contribution in [2.45, 2.75) is 38.5 Å². The molecule has 0 aliphatic heterocycles. The Morgan fingerprint density at radius 1 is 1.33 bits per heavy atom. The standard InChI is InChI=1S/C8H19NO2S/c1-5-8(3)12(10,11)6-7(2)9-4/h7-9H,5-6H2,1-4H3. The molecule has 0 rings (SSSR count). The molecular weight excluding hydrogens is 174 g/mol. The van der Waals surface area contributed by atoms with E-state index in [1.807, 2.05) is 13.8 Å². The minimum Gasteiger partial charge on any atom is -0.316 e. The van der Waals surface area contributed by atoms with Crippen molar-refractivity contribution < 1.29 is 8.42 Å². The first-order valence-corrected chi connectivity index (χ1v) is 6.04. The van der Waals surface area contributed by atoms with Crippen LogP contribution >= 0.6 is 0 Å². The molecule has 1 N–H and O–H groups in total. The molecule has 0 amide bonds. The van der Waals surface area contributed by atoms with E-state index in [0.717, 1.165) is 0 Å². The summed E-state index contributed by atoms with van der Waals surface area (Å²) in [6, 6.07) is 0.0454. The van der Waals surface area contributed by atoms with Gasteiger partial charge < -0.3 is 5.32 Å². The van der Waals surface area contributed by atoms with Crippen LogP contribution in [0.5, 0.6) is 0 Å². The summed E-state index contributed by atoms with van der Waals surface area (Å²) >= 11 is 0. The third-order valence-electron chi connectivity index (χ3n) is 2.16. The molecule has 0 aromatic rings. The summed E-state index contributed by atoms with van der Waals surface area (Å²) in [5.74, 6) is 0.235. The van der Waals surface area contributed by atoms with Gasteiger partial charge in [-0.25, -0.2) is 8.42 Å². The van der Waals surface area contributed by atoms with Crippen LogP contribution in [0.15, 0.2) is 0 Å². The highest BCUT2D eigenvalue weighted by atomic mass is 32.2. The molecule has 0 aliphatic rings. The third kappa shape index (κ3) is 3.54. The minimum atomic E-state index is -2.88. The lowest BCUT2D eigenvalue weighted by Gasteiger charge is -2.14. The highest BCUT2D eigenvalue weighted by molar-refractivity contribution is 7.92. The molecule has 0 spiro atoms. The van der Waals surface area contributed by atoms with Crippen molar-refractivity contribution in [3.8, 4) is 0 Å². The lowest BCUT2D eigenvalue weighted by Crippen LogP contribution is -2.33. The number of hydrogen-bond acceptors (Lipinski definition) is 3. The van der Waals surface area contributed by atoms with Gasteiger partial charge in [0.1, 0.15) is 0 Å². The van der Waals surface area contributed by atoms with Crippen molar-refractivity contribution in [2.24, 2.45) is 0 Å². The van der Waals surface area contributed by atoms with Crippen LogP contribution in [-0.4, -0.2) is 32.5 Å². The summed E-state index contributed by atoms with van der Waals surface area (Å²) in [5.41, 5.74) is 0. The maximum Gasteiger partial charge on any atom is 0.154 e. The molecule has 3 nitrogen and oxygen atoms in total. The summed E-state index contributed by atoms with van der Waals surface area (Å²) in [5, 5.41) is 2.71. The molecule has 0 bridgehead atoms. The fourth-order valence-electron chi connectivity index (χ4n) is 0.850. The van der Waals surface area contributed by atoms with Crippen LogP contribution in [0, 0.1) is 0 Å². The second-order valence-electron chi connectivity index (χ2n) is 3.24. The minimum absolute atomic E-state index is 0.0454. The van der Waals surface area contributed by atoms with E-state index in [4.69, 9.17) is 0 Å². The summed E-state index contributed by atoms with van der Waals surface area (Å²) in [6.45, 7) is 5.53. The third-order valence-corrected chi connectivity index (χ3v) is 4.69. The summed E-state index contributed by atoms with van der Waals surface area (Å²) in [6.07, 6.45) is 0.693. The van der Waals surface area contributed by atoms with Crippen LogP contribution in [0.1, 0.15) is 27.2 Å². The van der Waals surface area contributed by atoms with Gasteiger partial charge in [-0.3, -0.25) is 0 Å². The van der Waals surface area contributed by atoms with Crippen LogP contribution in [0.25, 0.3) is 0 Å². The molecule has 0 fully saturated rings. The molecule has 0 saturated heterocycles. The largest absolute Gasteiger partial charge is 0.316 e. The highest BCUT2D eigenvalue weighted by Crippen LogP contribution is 2.06. The van der Waals surface area contributed by atoms with Crippen LogP contribution < -0.4 is 5.32 Å². The Labute approximate surface area is 75.5 Å². The zero-order valence-corrected chi connectivity index (χ0v) is 9.11.